The third-order valence-corrected chi connectivity index (χ3v) is 5.43. The zero-order chi connectivity index (χ0) is 24.1. The zero-order valence-corrected chi connectivity index (χ0v) is 19.7. The van der Waals surface area contributed by atoms with Gasteiger partial charge in [-0.15, -0.1) is 0 Å². The Balaban J connectivity index is 1.88. The number of ether oxygens (including phenoxy) is 1. The van der Waals surface area contributed by atoms with Crippen molar-refractivity contribution < 1.29 is 24.2 Å². The molecule has 0 heterocycles. The molecule has 0 aromatic heterocycles. The second-order valence-corrected chi connectivity index (χ2v) is 8.27. The van der Waals surface area contributed by atoms with Crippen molar-refractivity contribution in [3.63, 3.8) is 0 Å². The van der Waals surface area contributed by atoms with Gasteiger partial charge in [0, 0.05) is 28.7 Å². The first-order valence-electron chi connectivity index (χ1n) is 9.14. The molecule has 3 rings (SSSR count). The molecule has 12 heteroatoms. The van der Waals surface area contributed by atoms with Crippen LogP contribution >= 0.6 is 31.9 Å². The van der Waals surface area contributed by atoms with E-state index in [1.54, 1.807) is 12.1 Å². The number of amides is 1. The summed E-state index contributed by atoms with van der Waals surface area (Å²) in [4.78, 5) is 46.3. The van der Waals surface area contributed by atoms with Crippen LogP contribution in [0.5, 0.6) is 5.75 Å². The van der Waals surface area contributed by atoms with Crippen molar-refractivity contribution in [2.24, 2.45) is 0 Å². The van der Waals surface area contributed by atoms with Gasteiger partial charge in [-0.25, -0.2) is 4.79 Å². The first kappa shape index (κ1) is 24.0. The van der Waals surface area contributed by atoms with Gasteiger partial charge >= 0.3 is 5.97 Å². The molecule has 0 aliphatic carbocycles. The van der Waals surface area contributed by atoms with Gasteiger partial charge in [0.15, 0.2) is 0 Å². The van der Waals surface area contributed by atoms with Crippen LogP contribution in [0.2, 0.25) is 0 Å². The third kappa shape index (κ3) is 5.59. The van der Waals surface area contributed by atoms with E-state index in [1.807, 2.05) is 0 Å². The van der Waals surface area contributed by atoms with Gasteiger partial charge in [-0.05, 0) is 40.2 Å². The molecule has 0 saturated carbocycles. The summed E-state index contributed by atoms with van der Waals surface area (Å²) < 4.78 is 6.38. The van der Waals surface area contributed by atoms with E-state index in [4.69, 9.17) is 4.74 Å². The fraction of sp³-hybridized carbons (Fsp3) is 0.0476. The number of nitrogens with zero attached hydrogens (tertiary/aromatic N) is 2. The Hall–Kier alpha value is -3.64. The topological polar surface area (TPSA) is 142 Å². The van der Waals surface area contributed by atoms with Gasteiger partial charge < -0.3 is 10.1 Å². The highest BCUT2D eigenvalue weighted by Gasteiger charge is 2.24. The van der Waals surface area contributed by atoms with E-state index in [9.17, 15) is 29.8 Å². The van der Waals surface area contributed by atoms with Gasteiger partial charge in [0.05, 0.1) is 14.3 Å². The van der Waals surface area contributed by atoms with Crippen LogP contribution in [-0.4, -0.2) is 21.7 Å². The maximum absolute atomic E-state index is 12.7. The number of esters is 1. The van der Waals surface area contributed by atoms with Crippen LogP contribution in [0, 0.1) is 20.2 Å². The Kier molecular flexibility index (Phi) is 7.51. The molecule has 0 atom stereocenters. The summed E-state index contributed by atoms with van der Waals surface area (Å²) in [6.07, 6.45) is 0. The summed E-state index contributed by atoms with van der Waals surface area (Å²) in [5.41, 5.74) is -0.798. The van der Waals surface area contributed by atoms with Gasteiger partial charge in [-0.3, -0.25) is 25.0 Å². The standard InChI is InChI=1S/C21H13Br2N3O7/c22-13-9-12(11-24-20(27)14-5-1-3-7-17(14)25(29)30)19(16(23)10-13)33-21(28)15-6-2-4-8-18(15)26(31)32/h1-10H,11H2,(H,24,27). The van der Waals surface area contributed by atoms with E-state index >= 15 is 0 Å². The van der Waals surface area contributed by atoms with Gasteiger partial charge in [-0.2, -0.15) is 0 Å². The lowest BCUT2D eigenvalue weighted by Gasteiger charge is -2.14. The van der Waals surface area contributed by atoms with Crippen molar-refractivity contribution in [2.45, 2.75) is 6.54 Å². The second kappa shape index (κ2) is 10.3. The van der Waals surface area contributed by atoms with Crippen LogP contribution < -0.4 is 10.1 Å². The Morgan fingerprint density at radius 3 is 2.03 bits per heavy atom. The highest BCUT2D eigenvalue weighted by molar-refractivity contribution is 9.11. The van der Waals surface area contributed by atoms with Gasteiger partial charge in [0.1, 0.15) is 16.9 Å². The highest BCUT2D eigenvalue weighted by Crippen LogP contribution is 2.34. The molecule has 33 heavy (non-hydrogen) atoms. The summed E-state index contributed by atoms with van der Waals surface area (Å²) in [6, 6.07) is 14.0. The molecule has 0 unspecified atom stereocenters. The number of para-hydroxylation sites is 2. The van der Waals surface area contributed by atoms with Gasteiger partial charge in [0.25, 0.3) is 17.3 Å². The molecular formula is C21H13Br2N3O7. The number of nitro groups is 2. The highest BCUT2D eigenvalue weighted by atomic mass is 79.9. The largest absolute Gasteiger partial charge is 0.421 e. The van der Waals surface area contributed by atoms with Crippen LogP contribution in [0.25, 0.3) is 0 Å². The lowest BCUT2D eigenvalue weighted by molar-refractivity contribution is -0.385. The van der Waals surface area contributed by atoms with E-state index in [1.165, 1.54) is 48.5 Å². The Labute approximate surface area is 203 Å². The van der Waals surface area contributed by atoms with Crippen LogP contribution in [0.1, 0.15) is 26.3 Å². The Bertz CT molecular complexity index is 1280. The summed E-state index contributed by atoms with van der Waals surface area (Å²) in [5, 5.41) is 25.0. The number of carbonyl (C=O) groups is 2. The molecule has 168 valence electrons. The van der Waals surface area contributed by atoms with Crippen molar-refractivity contribution in [2.75, 3.05) is 0 Å². The molecule has 0 radical (unpaired) electrons. The van der Waals surface area contributed by atoms with Crippen LogP contribution in [0.3, 0.4) is 0 Å². The maximum atomic E-state index is 12.7. The fourth-order valence-corrected chi connectivity index (χ4v) is 4.30. The lowest BCUT2D eigenvalue weighted by atomic mass is 10.1. The normalized spacial score (nSPS) is 10.4. The van der Waals surface area contributed by atoms with E-state index < -0.39 is 27.4 Å². The Morgan fingerprint density at radius 1 is 0.879 bits per heavy atom. The summed E-state index contributed by atoms with van der Waals surface area (Å²) in [5.74, 6) is -1.63. The summed E-state index contributed by atoms with van der Waals surface area (Å²) in [6.45, 7) is -0.150. The minimum absolute atomic E-state index is 0.0317. The molecule has 1 amide bonds. The zero-order valence-electron chi connectivity index (χ0n) is 16.5. The monoisotopic (exact) mass is 577 g/mol. The van der Waals surface area contributed by atoms with E-state index in [-0.39, 0.29) is 29.1 Å². The number of nitro benzene ring substituents is 2. The van der Waals surface area contributed by atoms with Gasteiger partial charge in [0.2, 0.25) is 0 Å². The molecule has 0 fully saturated rings. The van der Waals surface area contributed by atoms with Crippen LogP contribution in [0.15, 0.2) is 69.6 Å². The molecule has 0 aliphatic heterocycles. The number of hydrogen-bond donors (Lipinski definition) is 1. The smallest absolute Gasteiger partial charge is 0.350 e. The minimum Gasteiger partial charge on any atom is -0.421 e. The van der Waals surface area contributed by atoms with Crippen LogP contribution in [0.4, 0.5) is 11.4 Å². The fourth-order valence-electron chi connectivity index (χ4n) is 2.91. The van der Waals surface area contributed by atoms with Crippen molar-refractivity contribution in [3.05, 3.63) is 107 Å². The van der Waals surface area contributed by atoms with E-state index in [0.29, 0.717) is 14.5 Å². The quantitative estimate of drug-likeness (QED) is 0.176. The summed E-state index contributed by atoms with van der Waals surface area (Å²) >= 11 is 6.60. The average molecular weight is 579 g/mol. The van der Waals surface area contributed by atoms with Crippen molar-refractivity contribution in [3.8, 4) is 5.75 Å². The predicted molar refractivity (Wildman–Crippen MR) is 124 cm³/mol. The molecule has 3 aromatic carbocycles. The first-order chi connectivity index (χ1) is 15.7. The molecule has 0 saturated heterocycles. The molecule has 3 aromatic rings. The second-order valence-electron chi connectivity index (χ2n) is 6.50. The van der Waals surface area contributed by atoms with E-state index in [2.05, 4.69) is 37.2 Å². The number of rotatable bonds is 7. The maximum Gasteiger partial charge on any atom is 0.350 e. The summed E-state index contributed by atoms with van der Waals surface area (Å²) in [7, 11) is 0. The number of hydrogen-bond acceptors (Lipinski definition) is 7. The SMILES string of the molecule is O=C(NCc1cc(Br)cc(Br)c1OC(=O)c1ccccc1[N+](=O)[O-])c1ccccc1[N+](=O)[O-]. The number of halogens is 2. The first-order valence-corrected chi connectivity index (χ1v) is 10.7. The number of carbonyl (C=O) groups excluding carboxylic acids is 2. The van der Waals surface area contributed by atoms with Crippen LogP contribution in [-0.2, 0) is 6.54 Å². The average Bonchev–Trinajstić information content (AvgIpc) is 2.79. The molecule has 10 nitrogen and oxygen atoms in total. The predicted octanol–water partition coefficient (Wildman–Crippen LogP) is 5.18. The molecule has 0 spiro atoms. The van der Waals surface area contributed by atoms with E-state index in [0.717, 1.165) is 0 Å². The minimum atomic E-state index is -0.961. The molecule has 1 N–H and O–H groups in total. The Morgan fingerprint density at radius 2 is 1.42 bits per heavy atom. The lowest BCUT2D eigenvalue weighted by Crippen LogP contribution is -2.24. The van der Waals surface area contributed by atoms with Crippen molar-refractivity contribution >= 4 is 55.1 Å². The molecule has 0 bridgehead atoms. The molecular weight excluding hydrogens is 566 g/mol. The molecule has 0 aliphatic rings. The van der Waals surface area contributed by atoms with Gasteiger partial charge in [-0.1, -0.05) is 40.2 Å². The van der Waals surface area contributed by atoms with Crippen molar-refractivity contribution in [1.29, 1.82) is 0 Å². The number of benzene rings is 3. The van der Waals surface area contributed by atoms with Crippen molar-refractivity contribution in [1.82, 2.24) is 5.32 Å². The third-order valence-electron chi connectivity index (χ3n) is 4.39. The number of nitrogens with one attached hydrogen (secondary N) is 1.